The Hall–Kier alpha value is -1.14. The number of hydrogen-bond acceptors (Lipinski definition) is 3. The first-order chi connectivity index (χ1) is 8.63. The predicted octanol–water partition coefficient (Wildman–Crippen LogP) is 2.69. The Kier molecular flexibility index (Phi) is 4.54. The number of carbonyl (C=O) groups excluding carboxylic acids is 1. The van der Waals surface area contributed by atoms with Gasteiger partial charge in [0.25, 0.3) is 5.76 Å². The molecule has 1 amide bonds. The third-order valence-corrected chi connectivity index (χ3v) is 3.21. The van der Waals surface area contributed by atoms with Gasteiger partial charge in [-0.25, -0.2) is 0 Å². The molecule has 0 aliphatic heterocycles. The fraction of sp³-hybridized carbons (Fsp3) is 0.417. The number of hydrogen-bond donors (Lipinski definition) is 2. The number of alkyl halides is 2. The minimum absolute atomic E-state index is 0.115. The summed E-state index contributed by atoms with van der Waals surface area (Å²) >= 11 is 0.490. The van der Waals surface area contributed by atoms with Crippen molar-refractivity contribution in [1.82, 2.24) is 5.32 Å². The van der Waals surface area contributed by atoms with Crippen LogP contribution in [0, 0.1) is 0 Å². The van der Waals surface area contributed by atoms with Crippen molar-refractivity contribution in [2.75, 3.05) is 11.9 Å². The van der Waals surface area contributed by atoms with E-state index in [1.807, 2.05) is 0 Å². The first kappa shape index (κ1) is 13.3. The monoisotopic (exact) mass is 272 g/mol. The van der Waals surface area contributed by atoms with Crippen molar-refractivity contribution in [3.63, 3.8) is 0 Å². The summed E-state index contributed by atoms with van der Waals surface area (Å²) in [5.41, 5.74) is 0.621. The number of benzene rings is 1. The third kappa shape index (κ3) is 4.62. The van der Waals surface area contributed by atoms with Gasteiger partial charge in [-0.1, -0.05) is 11.8 Å². The van der Waals surface area contributed by atoms with Gasteiger partial charge in [0.15, 0.2) is 0 Å². The van der Waals surface area contributed by atoms with E-state index >= 15 is 0 Å². The highest BCUT2D eigenvalue weighted by Crippen LogP contribution is 2.26. The summed E-state index contributed by atoms with van der Waals surface area (Å²) in [6.45, 7) is 0.290. The fourth-order valence-corrected chi connectivity index (χ4v) is 1.95. The van der Waals surface area contributed by atoms with E-state index in [2.05, 4.69) is 10.6 Å². The maximum Gasteiger partial charge on any atom is 0.288 e. The summed E-state index contributed by atoms with van der Waals surface area (Å²) in [7, 11) is 0. The Morgan fingerprint density at radius 3 is 2.56 bits per heavy atom. The molecule has 1 aromatic carbocycles. The van der Waals surface area contributed by atoms with Crippen molar-refractivity contribution in [3.8, 4) is 0 Å². The molecule has 6 heteroatoms. The average molecular weight is 272 g/mol. The van der Waals surface area contributed by atoms with Gasteiger partial charge in [0.1, 0.15) is 0 Å². The quantitative estimate of drug-likeness (QED) is 0.782. The minimum atomic E-state index is -2.42. The van der Waals surface area contributed by atoms with Crippen LogP contribution in [0.1, 0.15) is 12.8 Å². The second-order valence-corrected chi connectivity index (χ2v) is 5.17. The zero-order valence-corrected chi connectivity index (χ0v) is 10.5. The van der Waals surface area contributed by atoms with Crippen molar-refractivity contribution in [3.05, 3.63) is 24.3 Å². The molecule has 1 aliphatic rings. The topological polar surface area (TPSA) is 41.1 Å². The Balaban J connectivity index is 1.79. The summed E-state index contributed by atoms with van der Waals surface area (Å²) in [6.07, 6.45) is 2.26. The molecule has 2 N–H and O–H groups in total. The molecule has 18 heavy (non-hydrogen) atoms. The largest absolute Gasteiger partial charge is 0.325 e. The van der Waals surface area contributed by atoms with Crippen molar-refractivity contribution in [2.45, 2.75) is 29.5 Å². The van der Waals surface area contributed by atoms with Gasteiger partial charge < -0.3 is 10.6 Å². The Morgan fingerprint density at radius 1 is 1.33 bits per heavy atom. The van der Waals surface area contributed by atoms with E-state index in [4.69, 9.17) is 0 Å². The van der Waals surface area contributed by atoms with Crippen LogP contribution >= 0.6 is 11.8 Å². The Morgan fingerprint density at radius 2 is 2.00 bits per heavy atom. The highest BCUT2D eigenvalue weighted by atomic mass is 32.2. The lowest BCUT2D eigenvalue weighted by Crippen LogP contribution is -2.29. The van der Waals surface area contributed by atoms with Crippen LogP contribution in [0.2, 0.25) is 0 Å². The summed E-state index contributed by atoms with van der Waals surface area (Å²) < 4.78 is 24.2. The molecule has 0 aromatic heterocycles. The van der Waals surface area contributed by atoms with Gasteiger partial charge in [-0.15, -0.1) is 0 Å². The Labute approximate surface area is 108 Å². The molecule has 0 spiro atoms. The van der Waals surface area contributed by atoms with Crippen LogP contribution in [-0.4, -0.2) is 24.3 Å². The summed E-state index contributed by atoms with van der Waals surface area (Å²) in [6, 6.07) is 6.88. The van der Waals surface area contributed by atoms with E-state index in [0.717, 1.165) is 12.8 Å². The number of carbonyl (C=O) groups is 1. The van der Waals surface area contributed by atoms with Crippen molar-refractivity contribution < 1.29 is 13.6 Å². The van der Waals surface area contributed by atoms with E-state index in [1.54, 1.807) is 24.3 Å². The molecular weight excluding hydrogens is 258 g/mol. The lowest BCUT2D eigenvalue weighted by atomic mass is 10.3. The van der Waals surface area contributed by atoms with Gasteiger partial charge in [0.2, 0.25) is 5.91 Å². The molecule has 1 fully saturated rings. The lowest BCUT2D eigenvalue weighted by Gasteiger charge is -2.07. The van der Waals surface area contributed by atoms with Crippen molar-refractivity contribution >= 4 is 23.4 Å². The molecular formula is C12H14F2N2OS. The number of halogens is 2. The molecule has 0 heterocycles. The molecule has 3 nitrogen and oxygen atoms in total. The zero-order valence-electron chi connectivity index (χ0n) is 9.66. The molecule has 0 saturated heterocycles. The van der Waals surface area contributed by atoms with E-state index in [1.165, 1.54) is 0 Å². The Bertz CT molecular complexity index is 407. The molecule has 0 radical (unpaired) electrons. The molecule has 0 bridgehead atoms. The second-order valence-electron chi connectivity index (χ2n) is 4.11. The van der Waals surface area contributed by atoms with Crippen LogP contribution in [0.5, 0.6) is 0 Å². The van der Waals surface area contributed by atoms with Gasteiger partial charge in [0, 0.05) is 16.6 Å². The van der Waals surface area contributed by atoms with Gasteiger partial charge in [-0.05, 0) is 37.1 Å². The number of nitrogens with one attached hydrogen (secondary N) is 2. The summed E-state index contributed by atoms with van der Waals surface area (Å²) in [5, 5.41) is 5.81. The minimum Gasteiger partial charge on any atom is -0.325 e. The zero-order chi connectivity index (χ0) is 13.0. The highest BCUT2D eigenvalue weighted by Gasteiger charge is 2.21. The van der Waals surface area contributed by atoms with Gasteiger partial charge >= 0.3 is 0 Å². The maximum atomic E-state index is 12.1. The number of amides is 1. The van der Waals surface area contributed by atoms with Gasteiger partial charge in [-0.3, -0.25) is 4.79 Å². The molecule has 2 rings (SSSR count). The average Bonchev–Trinajstić information content (AvgIpc) is 3.12. The standard InChI is InChI=1S/C12H14F2N2OS/c13-12(14)18-10-5-3-9(4-6-10)16-11(17)7-15-8-1-2-8/h3-6,8,12,15H,1-2,7H2,(H,16,17). The van der Waals surface area contributed by atoms with E-state index in [0.29, 0.717) is 28.4 Å². The van der Waals surface area contributed by atoms with Crippen LogP contribution < -0.4 is 10.6 Å². The molecule has 0 atom stereocenters. The summed E-state index contributed by atoms with van der Waals surface area (Å²) in [5.74, 6) is -2.54. The number of anilines is 1. The van der Waals surface area contributed by atoms with E-state index in [9.17, 15) is 13.6 Å². The van der Waals surface area contributed by atoms with Crippen LogP contribution in [0.4, 0.5) is 14.5 Å². The second kappa shape index (κ2) is 6.15. The van der Waals surface area contributed by atoms with Crippen LogP contribution in [0.3, 0.4) is 0 Å². The summed E-state index contributed by atoms with van der Waals surface area (Å²) in [4.78, 5) is 12.0. The van der Waals surface area contributed by atoms with Crippen LogP contribution in [0.15, 0.2) is 29.2 Å². The van der Waals surface area contributed by atoms with Gasteiger partial charge in [0.05, 0.1) is 6.54 Å². The van der Waals surface area contributed by atoms with Gasteiger partial charge in [-0.2, -0.15) is 8.78 Å². The maximum absolute atomic E-state index is 12.1. The fourth-order valence-electron chi connectivity index (χ4n) is 1.45. The van der Waals surface area contributed by atoms with Crippen molar-refractivity contribution in [2.24, 2.45) is 0 Å². The smallest absolute Gasteiger partial charge is 0.288 e. The molecule has 98 valence electrons. The molecule has 1 saturated carbocycles. The lowest BCUT2D eigenvalue weighted by molar-refractivity contribution is -0.115. The SMILES string of the molecule is O=C(CNC1CC1)Nc1ccc(SC(F)F)cc1. The van der Waals surface area contributed by atoms with Crippen LogP contribution in [0.25, 0.3) is 0 Å². The predicted molar refractivity (Wildman–Crippen MR) is 68.0 cm³/mol. The highest BCUT2D eigenvalue weighted by molar-refractivity contribution is 7.99. The third-order valence-electron chi connectivity index (χ3n) is 2.49. The van der Waals surface area contributed by atoms with Crippen LogP contribution in [-0.2, 0) is 4.79 Å². The van der Waals surface area contributed by atoms with E-state index < -0.39 is 5.76 Å². The van der Waals surface area contributed by atoms with E-state index in [-0.39, 0.29) is 12.5 Å². The number of thioether (sulfide) groups is 1. The van der Waals surface area contributed by atoms with Crippen molar-refractivity contribution in [1.29, 1.82) is 0 Å². The normalized spacial score (nSPS) is 14.8. The number of rotatable bonds is 6. The first-order valence-corrected chi connectivity index (χ1v) is 6.59. The molecule has 1 aromatic rings. The molecule has 0 unspecified atom stereocenters. The molecule has 1 aliphatic carbocycles. The first-order valence-electron chi connectivity index (χ1n) is 5.71.